The number of rotatable bonds is 3. The van der Waals surface area contributed by atoms with E-state index in [0.717, 1.165) is 48.3 Å². The van der Waals surface area contributed by atoms with Crippen molar-refractivity contribution in [3.05, 3.63) is 50.1 Å². The Balaban J connectivity index is 1.43. The first-order chi connectivity index (χ1) is 15.8. The number of anilines is 1. The van der Waals surface area contributed by atoms with Gasteiger partial charge in [-0.2, -0.15) is 0 Å². The van der Waals surface area contributed by atoms with E-state index in [0.29, 0.717) is 28.7 Å². The number of aromatic nitrogens is 2. The van der Waals surface area contributed by atoms with E-state index in [1.165, 1.54) is 22.2 Å². The van der Waals surface area contributed by atoms with Gasteiger partial charge in [0.25, 0.3) is 5.91 Å². The largest absolute Gasteiger partial charge is 0.352 e. The van der Waals surface area contributed by atoms with Crippen molar-refractivity contribution in [1.29, 1.82) is 0 Å². The standard InChI is InChI=1S/C25H28Cl2N4OS/c1-14(2)22-28-23(21-19-5-4-15(3)10-20(19)33-24(21)29-22)30-6-8-31(9-7-30)25(32)16-11-17(26)13-18(27)12-16/h11-15H,4-10H2,1-3H3. The van der Waals surface area contributed by atoms with Crippen molar-refractivity contribution in [3.63, 3.8) is 0 Å². The fourth-order valence-corrected chi connectivity index (χ4v) is 6.72. The summed E-state index contributed by atoms with van der Waals surface area (Å²) in [6.07, 6.45) is 3.45. The second-order valence-corrected chi connectivity index (χ2v) is 11.5. The molecule has 0 bridgehead atoms. The maximum atomic E-state index is 13.1. The highest BCUT2D eigenvalue weighted by Gasteiger charge is 2.29. The predicted molar refractivity (Wildman–Crippen MR) is 137 cm³/mol. The van der Waals surface area contributed by atoms with E-state index in [-0.39, 0.29) is 11.8 Å². The molecule has 174 valence electrons. The number of fused-ring (bicyclic) bond motifs is 3. The minimum Gasteiger partial charge on any atom is -0.352 e. The summed E-state index contributed by atoms with van der Waals surface area (Å²) in [5, 5.41) is 2.20. The minimum atomic E-state index is -0.0309. The number of halogens is 2. The second kappa shape index (κ2) is 9.05. The van der Waals surface area contributed by atoms with Crippen molar-refractivity contribution in [3.8, 4) is 0 Å². The monoisotopic (exact) mass is 502 g/mol. The van der Waals surface area contributed by atoms with Crippen LogP contribution in [0.5, 0.6) is 0 Å². The normalized spacial score (nSPS) is 18.8. The van der Waals surface area contributed by atoms with Gasteiger partial charge in [-0.25, -0.2) is 9.97 Å². The van der Waals surface area contributed by atoms with Crippen LogP contribution in [0, 0.1) is 5.92 Å². The number of hydrogen-bond acceptors (Lipinski definition) is 5. The van der Waals surface area contributed by atoms with Gasteiger partial charge in [0.15, 0.2) is 0 Å². The van der Waals surface area contributed by atoms with Crippen molar-refractivity contribution in [2.75, 3.05) is 31.1 Å². The first-order valence-corrected chi connectivity index (χ1v) is 13.2. The van der Waals surface area contributed by atoms with Gasteiger partial charge < -0.3 is 9.80 Å². The Labute approximate surface area is 208 Å². The predicted octanol–water partition coefficient (Wildman–Crippen LogP) is 6.21. The summed E-state index contributed by atoms with van der Waals surface area (Å²) in [4.78, 5) is 29.9. The first kappa shape index (κ1) is 22.9. The molecule has 0 N–H and O–H groups in total. The zero-order valence-electron chi connectivity index (χ0n) is 19.2. The topological polar surface area (TPSA) is 49.3 Å². The molecule has 0 saturated carbocycles. The molecule has 1 fully saturated rings. The van der Waals surface area contributed by atoms with Crippen LogP contribution in [0.4, 0.5) is 5.82 Å². The van der Waals surface area contributed by atoms with Crippen molar-refractivity contribution < 1.29 is 4.79 Å². The highest BCUT2D eigenvalue weighted by atomic mass is 35.5. The number of carbonyl (C=O) groups is 1. The molecule has 1 atom stereocenters. The fourth-order valence-electron chi connectivity index (χ4n) is 4.81. The summed E-state index contributed by atoms with van der Waals surface area (Å²) in [6.45, 7) is 9.38. The van der Waals surface area contributed by atoms with Crippen molar-refractivity contribution in [2.24, 2.45) is 5.92 Å². The van der Waals surface area contributed by atoms with E-state index in [1.54, 1.807) is 18.2 Å². The Morgan fingerprint density at radius 1 is 1.09 bits per heavy atom. The van der Waals surface area contributed by atoms with Gasteiger partial charge >= 0.3 is 0 Å². The number of piperazine rings is 1. The smallest absolute Gasteiger partial charge is 0.254 e. The van der Waals surface area contributed by atoms with Gasteiger partial charge in [-0.05, 0) is 48.9 Å². The fraction of sp³-hybridized carbons (Fsp3) is 0.480. The molecule has 3 heterocycles. The summed E-state index contributed by atoms with van der Waals surface area (Å²) >= 11 is 14.1. The maximum absolute atomic E-state index is 13.1. The Morgan fingerprint density at radius 2 is 1.79 bits per heavy atom. The molecule has 0 spiro atoms. The lowest BCUT2D eigenvalue weighted by Crippen LogP contribution is -2.49. The van der Waals surface area contributed by atoms with Crippen molar-refractivity contribution >= 4 is 56.5 Å². The van der Waals surface area contributed by atoms with Crippen LogP contribution in [0.15, 0.2) is 18.2 Å². The average Bonchev–Trinajstić information content (AvgIpc) is 3.14. The molecule has 0 radical (unpaired) electrons. The molecule has 1 amide bonds. The molecule has 2 aliphatic rings. The van der Waals surface area contributed by atoms with Crippen LogP contribution < -0.4 is 4.90 Å². The van der Waals surface area contributed by atoms with Crippen molar-refractivity contribution in [1.82, 2.24) is 14.9 Å². The summed E-state index contributed by atoms with van der Waals surface area (Å²) in [6, 6.07) is 5.01. The van der Waals surface area contributed by atoms with E-state index in [9.17, 15) is 4.79 Å². The minimum absolute atomic E-state index is 0.0309. The Hall–Kier alpha value is -1.89. The Kier molecular flexibility index (Phi) is 6.27. The van der Waals surface area contributed by atoms with E-state index in [4.69, 9.17) is 33.2 Å². The number of nitrogens with zero attached hydrogens (tertiary/aromatic N) is 4. The highest BCUT2D eigenvalue weighted by molar-refractivity contribution is 7.19. The third-order valence-electron chi connectivity index (χ3n) is 6.65. The van der Waals surface area contributed by atoms with Crippen LogP contribution in [0.1, 0.15) is 59.7 Å². The number of aryl methyl sites for hydroxylation is 1. The zero-order chi connectivity index (χ0) is 23.3. The third kappa shape index (κ3) is 4.45. The Bertz CT molecular complexity index is 1200. The second-order valence-electron chi connectivity index (χ2n) is 9.53. The van der Waals surface area contributed by atoms with Crippen LogP contribution in [0.3, 0.4) is 0 Å². The number of thiophene rings is 1. The van der Waals surface area contributed by atoms with Gasteiger partial charge in [0.2, 0.25) is 0 Å². The maximum Gasteiger partial charge on any atom is 0.254 e. The van der Waals surface area contributed by atoms with Crippen LogP contribution >= 0.6 is 34.5 Å². The molecule has 33 heavy (non-hydrogen) atoms. The van der Waals surface area contributed by atoms with Gasteiger partial charge in [0, 0.05) is 52.6 Å². The molecule has 5 nitrogen and oxygen atoms in total. The van der Waals surface area contributed by atoms with Gasteiger partial charge in [-0.1, -0.05) is 44.0 Å². The SMILES string of the molecule is CC1CCc2c(sc3nc(C(C)C)nc(N4CCN(C(=O)c5cc(Cl)cc(Cl)c5)CC4)c23)C1. The lowest BCUT2D eigenvalue weighted by molar-refractivity contribution is 0.0746. The summed E-state index contributed by atoms with van der Waals surface area (Å²) in [5.74, 6) is 2.91. The zero-order valence-corrected chi connectivity index (χ0v) is 21.5. The van der Waals surface area contributed by atoms with E-state index >= 15 is 0 Å². The molecule has 2 aromatic heterocycles. The molecule has 1 aliphatic carbocycles. The summed E-state index contributed by atoms with van der Waals surface area (Å²) < 4.78 is 0. The Morgan fingerprint density at radius 3 is 2.45 bits per heavy atom. The number of benzene rings is 1. The molecule has 1 aromatic carbocycles. The molecule has 5 rings (SSSR count). The highest BCUT2D eigenvalue weighted by Crippen LogP contribution is 2.41. The number of amides is 1. The lowest BCUT2D eigenvalue weighted by atomic mass is 9.89. The third-order valence-corrected chi connectivity index (χ3v) is 8.23. The van der Waals surface area contributed by atoms with E-state index in [1.807, 2.05) is 16.2 Å². The van der Waals surface area contributed by atoms with E-state index < -0.39 is 0 Å². The summed E-state index contributed by atoms with van der Waals surface area (Å²) in [5.41, 5.74) is 1.99. The molecular weight excluding hydrogens is 475 g/mol. The average molecular weight is 503 g/mol. The van der Waals surface area contributed by atoms with Crippen LogP contribution in [-0.2, 0) is 12.8 Å². The van der Waals surface area contributed by atoms with Crippen LogP contribution in [0.2, 0.25) is 10.0 Å². The van der Waals surface area contributed by atoms with Crippen molar-refractivity contribution in [2.45, 2.75) is 46.0 Å². The molecule has 1 unspecified atom stereocenters. The number of carbonyl (C=O) groups excluding carboxylic acids is 1. The molecular formula is C25H28Cl2N4OS. The van der Waals surface area contributed by atoms with Gasteiger partial charge in [-0.3, -0.25) is 4.79 Å². The molecule has 1 saturated heterocycles. The van der Waals surface area contributed by atoms with Gasteiger partial charge in [-0.15, -0.1) is 11.3 Å². The quantitative estimate of drug-likeness (QED) is 0.427. The van der Waals surface area contributed by atoms with Crippen LogP contribution in [0.25, 0.3) is 10.2 Å². The summed E-state index contributed by atoms with van der Waals surface area (Å²) in [7, 11) is 0. The molecule has 3 aromatic rings. The lowest BCUT2D eigenvalue weighted by Gasteiger charge is -2.36. The van der Waals surface area contributed by atoms with Gasteiger partial charge in [0.05, 0.1) is 5.39 Å². The van der Waals surface area contributed by atoms with Gasteiger partial charge in [0.1, 0.15) is 16.5 Å². The molecule has 1 aliphatic heterocycles. The molecule has 8 heteroatoms. The van der Waals surface area contributed by atoms with Crippen LogP contribution in [-0.4, -0.2) is 47.0 Å². The first-order valence-electron chi connectivity index (χ1n) is 11.6. The van der Waals surface area contributed by atoms with E-state index in [2.05, 4.69) is 25.7 Å². The number of hydrogen-bond donors (Lipinski definition) is 0.